The third kappa shape index (κ3) is 10.1. The van der Waals surface area contributed by atoms with Crippen LogP contribution in [0.2, 0.25) is 0 Å². The van der Waals surface area contributed by atoms with Gasteiger partial charge in [0.05, 0.1) is 10.8 Å². The van der Waals surface area contributed by atoms with E-state index in [-0.39, 0.29) is 17.8 Å². The van der Waals surface area contributed by atoms with Crippen molar-refractivity contribution in [3.05, 3.63) is 95.3 Å². The molecule has 0 radical (unpaired) electrons. The Hall–Kier alpha value is -3.78. The molecule has 206 valence electrons. The minimum atomic E-state index is -4.67. The lowest BCUT2D eigenvalue weighted by molar-refractivity contribution is -0.118. The highest BCUT2D eigenvalue weighted by Gasteiger charge is 2.31. The van der Waals surface area contributed by atoms with Crippen molar-refractivity contribution in [3.8, 4) is 5.75 Å². The summed E-state index contributed by atoms with van der Waals surface area (Å²) >= 11 is 1.01. The Labute approximate surface area is 229 Å². The fourth-order valence-electron chi connectivity index (χ4n) is 3.44. The fourth-order valence-corrected chi connectivity index (χ4v) is 4.30. The molecule has 1 saturated heterocycles. The zero-order valence-corrected chi connectivity index (χ0v) is 22.4. The highest BCUT2D eigenvalue weighted by atomic mass is 32.3. The van der Waals surface area contributed by atoms with Crippen LogP contribution in [0.3, 0.4) is 0 Å². The SMILES string of the molecule is CCc1ccc([C@H](COc2ccc(CC3SC(=O)NC3=O)cc2)OC(=O)c2ccccc2)cn1.O=S(=O)(O)O. The number of carbonyl (C=O) groups is 3. The van der Waals surface area contributed by atoms with E-state index in [1.807, 2.05) is 37.3 Å². The van der Waals surface area contributed by atoms with Crippen molar-refractivity contribution in [2.75, 3.05) is 6.61 Å². The average Bonchev–Trinajstić information content (AvgIpc) is 3.22. The third-order valence-electron chi connectivity index (χ3n) is 5.35. The van der Waals surface area contributed by atoms with Crippen LogP contribution in [0, 0.1) is 0 Å². The highest BCUT2D eigenvalue weighted by molar-refractivity contribution is 8.15. The minimum Gasteiger partial charge on any atom is -0.489 e. The van der Waals surface area contributed by atoms with Gasteiger partial charge in [-0.15, -0.1) is 0 Å². The van der Waals surface area contributed by atoms with Gasteiger partial charge < -0.3 is 9.47 Å². The predicted octanol–water partition coefficient (Wildman–Crippen LogP) is 3.86. The monoisotopic (exact) mass is 574 g/mol. The second-order valence-corrected chi connectivity index (χ2v) is 10.3. The Morgan fingerprint density at radius 3 is 2.26 bits per heavy atom. The Balaban J connectivity index is 0.000000771. The Morgan fingerprint density at radius 1 is 1.05 bits per heavy atom. The van der Waals surface area contributed by atoms with E-state index in [2.05, 4.69) is 10.3 Å². The summed E-state index contributed by atoms with van der Waals surface area (Å²) < 4.78 is 43.3. The largest absolute Gasteiger partial charge is 0.489 e. The van der Waals surface area contributed by atoms with Crippen LogP contribution in [-0.4, -0.2) is 51.5 Å². The van der Waals surface area contributed by atoms with E-state index in [1.165, 1.54) is 0 Å². The molecule has 3 N–H and O–H groups in total. The van der Waals surface area contributed by atoms with Gasteiger partial charge in [-0.05, 0) is 48.7 Å². The topological polar surface area (TPSA) is 169 Å². The summed E-state index contributed by atoms with van der Waals surface area (Å²) in [6, 6.07) is 19.9. The van der Waals surface area contributed by atoms with Gasteiger partial charge in [-0.25, -0.2) is 4.79 Å². The van der Waals surface area contributed by atoms with Crippen LogP contribution >= 0.6 is 11.8 Å². The lowest BCUT2D eigenvalue weighted by Crippen LogP contribution is -2.25. The van der Waals surface area contributed by atoms with E-state index in [4.69, 9.17) is 27.0 Å². The molecular weight excluding hydrogens is 548 g/mol. The van der Waals surface area contributed by atoms with Crippen molar-refractivity contribution in [2.24, 2.45) is 0 Å². The van der Waals surface area contributed by atoms with Crippen LogP contribution in [0.1, 0.15) is 40.2 Å². The number of pyridine rings is 1. The molecule has 0 aliphatic carbocycles. The van der Waals surface area contributed by atoms with Gasteiger partial charge >= 0.3 is 16.4 Å². The lowest BCUT2D eigenvalue weighted by Gasteiger charge is -2.19. The average molecular weight is 575 g/mol. The van der Waals surface area contributed by atoms with Gasteiger partial charge in [0.2, 0.25) is 5.91 Å². The van der Waals surface area contributed by atoms with Crippen molar-refractivity contribution in [3.63, 3.8) is 0 Å². The number of amides is 2. The number of imide groups is 1. The van der Waals surface area contributed by atoms with Crippen molar-refractivity contribution in [2.45, 2.75) is 31.1 Å². The van der Waals surface area contributed by atoms with Crippen LogP contribution < -0.4 is 10.1 Å². The molecule has 3 aromatic rings. The van der Waals surface area contributed by atoms with Gasteiger partial charge in [0, 0.05) is 17.5 Å². The number of benzene rings is 2. The van der Waals surface area contributed by atoms with Crippen molar-refractivity contribution < 1.29 is 41.4 Å². The molecule has 11 nitrogen and oxygen atoms in total. The van der Waals surface area contributed by atoms with E-state index in [1.54, 1.807) is 42.6 Å². The van der Waals surface area contributed by atoms with Gasteiger partial charge in [0.1, 0.15) is 12.4 Å². The Kier molecular flexibility index (Phi) is 10.6. The van der Waals surface area contributed by atoms with Crippen molar-refractivity contribution in [1.29, 1.82) is 0 Å². The maximum atomic E-state index is 12.7. The predicted molar refractivity (Wildman–Crippen MR) is 143 cm³/mol. The number of carbonyl (C=O) groups excluding carboxylic acids is 3. The van der Waals surface area contributed by atoms with E-state index in [0.717, 1.165) is 35.0 Å². The molecule has 2 aromatic carbocycles. The molecule has 0 spiro atoms. The number of rotatable bonds is 9. The number of aryl methyl sites for hydroxylation is 1. The number of nitrogens with zero attached hydrogens (tertiary/aromatic N) is 1. The van der Waals surface area contributed by atoms with Gasteiger partial charge in [-0.1, -0.05) is 55.1 Å². The molecule has 2 heterocycles. The van der Waals surface area contributed by atoms with E-state index < -0.39 is 27.7 Å². The zero-order chi connectivity index (χ0) is 28.4. The summed E-state index contributed by atoms with van der Waals surface area (Å²) in [6.45, 7) is 2.14. The second kappa shape index (κ2) is 13.8. The summed E-state index contributed by atoms with van der Waals surface area (Å²) in [5.41, 5.74) is 3.07. The molecule has 13 heteroatoms. The molecule has 1 unspecified atom stereocenters. The van der Waals surface area contributed by atoms with E-state index >= 15 is 0 Å². The van der Waals surface area contributed by atoms with Crippen LogP contribution in [0.15, 0.2) is 72.9 Å². The lowest BCUT2D eigenvalue weighted by atomic mass is 10.1. The molecule has 0 bridgehead atoms. The molecule has 1 aliphatic rings. The van der Waals surface area contributed by atoms with E-state index in [9.17, 15) is 14.4 Å². The standard InChI is InChI=1S/C26H24N2O5S.H2O4S/c1-2-20-11-10-19(15-27-20)22(33-25(30)18-6-4-3-5-7-18)16-32-21-12-8-17(9-13-21)14-23-24(29)28-26(31)34-23;1-5(2,3)4/h3-13,15,22-23H,2,14,16H2,1H3,(H,28,29,31);(H2,1,2,3,4)/t22-,23?;/m0./s1. The first-order valence-corrected chi connectivity index (χ1v) is 13.9. The quantitative estimate of drug-likeness (QED) is 0.250. The summed E-state index contributed by atoms with van der Waals surface area (Å²) in [7, 11) is -4.67. The van der Waals surface area contributed by atoms with Crippen LogP contribution in [0.25, 0.3) is 0 Å². The molecule has 1 aliphatic heterocycles. The molecule has 39 heavy (non-hydrogen) atoms. The third-order valence-corrected chi connectivity index (χ3v) is 6.33. The van der Waals surface area contributed by atoms with E-state index in [0.29, 0.717) is 17.7 Å². The summed E-state index contributed by atoms with van der Waals surface area (Å²) in [4.78, 5) is 40.2. The number of hydrogen-bond donors (Lipinski definition) is 3. The molecule has 4 rings (SSSR count). The number of nitrogens with one attached hydrogen (secondary N) is 1. The second-order valence-electron chi connectivity index (χ2n) is 8.19. The highest BCUT2D eigenvalue weighted by Crippen LogP contribution is 2.25. The van der Waals surface area contributed by atoms with Gasteiger partial charge in [-0.3, -0.25) is 29.0 Å². The first-order valence-electron chi connectivity index (χ1n) is 11.7. The maximum Gasteiger partial charge on any atom is 0.394 e. The number of hydrogen-bond acceptors (Lipinski definition) is 9. The smallest absolute Gasteiger partial charge is 0.394 e. The zero-order valence-electron chi connectivity index (χ0n) is 20.7. The molecule has 1 aromatic heterocycles. The minimum absolute atomic E-state index is 0.112. The summed E-state index contributed by atoms with van der Waals surface area (Å²) in [5, 5.41) is 1.57. The first kappa shape index (κ1) is 29.8. The summed E-state index contributed by atoms with van der Waals surface area (Å²) in [5.74, 6) is -0.102. The molecule has 2 amide bonds. The Bertz CT molecular complexity index is 1370. The van der Waals surface area contributed by atoms with Crippen LogP contribution in [-0.2, 0) is 32.8 Å². The van der Waals surface area contributed by atoms with Crippen LogP contribution in [0.5, 0.6) is 5.75 Å². The van der Waals surface area contributed by atoms with Crippen molar-refractivity contribution >= 4 is 39.3 Å². The van der Waals surface area contributed by atoms with Gasteiger partial charge in [0.25, 0.3) is 5.24 Å². The fraction of sp³-hybridized carbons (Fsp3) is 0.231. The number of ether oxygens (including phenoxy) is 2. The first-order chi connectivity index (χ1) is 18.5. The normalized spacial score (nSPS) is 15.5. The summed E-state index contributed by atoms with van der Waals surface area (Å²) in [6.07, 6.45) is 2.33. The molecule has 2 atom stereocenters. The van der Waals surface area contributed by atoms with Gasteiger partial charge in [0.15, 0.2) is 6.10 Å². The Morgan fingerprint density at radius 2 is 1.72 bits per heavy atom. The number of aromatic nitrogens is 1. The molecule has 1 fully saturated rings. The van der Waals surface area contributed by atoms with Crippen LogP contribution in [0.4, 0.5) is 4.79 Å². The molecule has 0 saturated carbocycles. The van der Waals surface area contributed by atoms with Gasteiger partial charge in [-0.2, -0.15) is 8.42 Å². The maximum absolute atomic E-state index is 12.7. The number of thioether (sulfide) groups is 1. The molecular formula is C26H26N2O9S2. The van der Waals surface area contributed by atoms with Crippen molar-refractivity contribution in [1.82, 2.24) is 10.3 Å². The number of esters is 1.